The second-order valence-electron chi connectivity index (χ2n) is 8.10. The van der Waals surface area contributed by atoms with E-state index in [9.17, 15) is 5.26 Å². The summed E-state index contributed by atoms with van der Waals surface area (Å²) in [6.07, 6.45) is 15.4. The number of rotatable bonds is 1. The summed E-state index contributed by atoms with van der Waals surface area (Å²) in [4.78, 5) is 0. The van der Waals surface area contributed by atoms with E-state index in [0.29, 0.717) is 11.3 Å². The molecule has 0 amide bonds. The van der Waals surface area contributed by atoms with Gasteiger partial charge < -0.3 is 0 Å². The van der Waals surface area contributed by atoms with Crippen LogP contribution >= 0.6 is 0 Å². The molecule has 1 unspecified atom stereocenters. The minimum absolute atomic E-state index is 0.554. The molecule has 0 bridgehead atoms. The van der Waals surface area contributed by atoms with Gasteiger partial charge in [-0.15, -0.1) is 0 Å². The maximum absolute atomic E-state index is 9.20. The van der Waals surface area contributed by atoms with Crippen LogP contribution in [0.5, 0.6) is 0 Å². The molecule has 2 fully saturated rings. The van der Waals surface area contributed by atoms with Crippen LogP contribution in [0.1, 0.15) is 71.1 Å². The zero-order valence-electron chi connectivity index (χ0n) is 13.3. The third-order valence-corrected chi connectivity index (χ3v) is 7.13. The molecule has 0 spiro atoms. The van der Waals surface area contributed by atoms with Crippen LogP contribution in [0, 0.1) is 34.5 Å². The van der Waals surface area contributed by atoms with Gasteiger partial charge in [-0.2, -0.15) is 5.26 Å². The number of nitriles is 1. The van der Waals surface area contributed by atoms with Crippen molar-refractivity contribution in [3.05, 3.63) is 22.8 Å². The maximum Gasteiger partial charge on any atom is 0.0628 e. The van der Waals surface area contributed by atoms with Crippen molar-refractivity contribution in [2.24, 2.45) is 23.2 Å². The first-order valence-corrected chi connectivity index (χ1v) is 9.02. The molecule has 4 aliphatic rings. The molecule has 1 nitrogen and oxygen atoms in total. The van der Waals surface area contributed by atoms with Crippen molar-refractivity contribution < 1.29 is 0 Å². The van der Waals surface area contributed by atoms with Crippen molar-refractivity contribution in [1.82, 2.24) is 0 Å². The summed E-state index contributed by atoms with van der Waals surface area (Å²) >= 11 is 0. The second kappa shape index (κ2) is 5.01. The average molecular weight is 281 g/mol. The van der Waals surface area contributed by atoms with Gasteiger partial charge in [-0.1, -0.05) is 25.0 Å². The van der Waals surface area contributed by atoms with Gasteiger partial charge >= 0.3 is 0 Å². The molecule has 0 aliphatic heterocycles. The van der Waals surface area contributed by atoms with Crippen LogP contribution in [-0.4, -0.2) is 0 Å². The monoisotopic (exact) mass is 281 g/mol. The van der Waals surface area contributed by atoms with E-state index in [1.54, 1.807) is 16.7 Å². The van der Waals surface area contributed by atoms with Crippen LogP contribution in [0.3, 0.4) is 0 Å². The summed E-state index contributed by atoms with van der Waals surface area (Å²) in [7, 11) is 0. The number of hydrogen-bond acceptors (Lipinski definition) is 1. The molecule has 0 aromatic rings. The molecule has 4 rings (SSSR count). The SMILES string of the molecule is C[C@@]12CCC[C@H]1[C@@H]1CCC3=CCCC(CC#N)C3=C1CC2. The largest absolute Gasteiger partial charge is 0.198 e. The van der Waals surface area contributed by atoms with Gasteiger partial charge in [0.15, 0.2) is 0 Å². The summed E-state index contributed by atoms with van der Waals surface area (Å²) in [6, 6.07) is 2.46. The predicted molar refractivity (Wildman–Crippen MR) is 85.5 cm³/mol. The van der Waals surface area contributed by atoms with Gasteiger partial charge in [-0.25, -0.2) is 0 Å². The molecular weight excluding hydrogens is 254 g/mol. The van der Waals surface area contributed by atoms with Crippen molar-refractivity contribution >= 4 is 0 Å². The van der Waals surface area contributed by atoms with E-state index < -0.39 is 0 Å². The lowest BCUT2D eigenvalue weighted by Crippen LogP contribution is -2.37. The highest BCUT2D eigenvalue weighted by Crippen LogP contribution is 2.60. The van der Waals surface area contributed by atoms with Crippen molar-refractivity contribution in [2.45, 2.75) is 71.1 Å². The van der Waals surface area contributed by atoms with E-state index in [4.69, 9.17) is 0 Å². The average Bonchev–Trinajstić information content (AvgIpc) is 2.89. The highest BCUT2D eigenvalue weighted by Gasteiger charge is 2.49. The Labute approximate surface area is 129 Å². The summed E-state index contributed by atoms with van der Waals surface area (Å²) in [5, 5.41) is 9.20. The molecule has 0 heterocycles. The zero-order valence-corrected chi connectivity index (χ0v) is 13.3. The number of nitrogens with zero attached hydrogens (tertiary/aromatic N) is 1. The molecule has 4 atom stereocenters. The van der Waals surface area contributed by atoms with E-state index in [0.717, 1.165) is 18.3 Å². The number of allylic oxidation sites excluding steroid dienone is 4. The first-order valence-electron chi connectivity index (χ1n) is 9.02. The third-order valence-electron chi connectivity index (χ3n) is 7.13. The zero-order chi connectivity index (χ0) is 14.4. The fourth-order valence-corrected chi connectivity index (χ4v) is 6.12. The molecule has 21 heavy (non-hydrogen) atoms. The van der Waals surface area contributed by atoms with Gasteiger partial charge in [-0.05, 0) is 85.7 Å². The third kappa shape index (κ3) is 2.02. The van der Waals surface area contributed by atoms with Gasteiger partial charge in [0.25, 0.3) is 0 Å². The Balaban J connectivity index is 1.75. The Morgan fingerprint density at radius 1 is 1.24 bits per heavy atom. The lowest BCUT2D eigenvalue weighted by atomic mass is 9.57. The highest BCUT2D eigenvalue weighted by atomic mass is 14.5. The minimum Gasteiger partial charge on any atom is -0.198 e. The summed E-state index contributed by atoms with van der Waals surface area (Å²) in [5.41, 5.74) is 5.74. The van der Waals surface area contributed by atoms with Crippen LogP contribution in [0.4, 0.5) is 0 Å². The topological polar surface area (TPSA) is 23.8 Å². The smallest absolute Gasteiger partial charge is 0.0628 e. The molecule has 1 heteroatoms. The van der Waals surface area contributed by atoms with Crippen LogP contribution in [0.15, 0.2) is 22.8 Å². The van der Waals surface area contributed by atoms with Gasteiger partial charge in [-0.3, -0.25) is 0 Å². The minimum atomic E-state index is 0.554. The second-order valence-corrected chi connectivity index (χ2v) is 8.10. The fourth-order valence-electron chi connectivity index (χ4n) is 6.12. The molecule has 2 saturated carbocycles. The van der Waals surface area contributed by atoms with Crippen molar-refractivity contribution in [3.8, 4) is 6.07 Å². The Kier molecular flexibility index (Phi) is 3.25. The van der Waals surface area contributed by atoms with Crippen LogP contribution < -0.4 is 0 Å². The van der Waals surface area contributed by atoms with E-state index in [1.807, 2.05) is 0 Å². The van der Waals surface area contributed by atoms with E-state index >= 15 is 0 Å². The highest BCUT2D eigenvalue weighted by molar-refractivity contribution is 5.44. The molecule has 4 aliphatic carbocycles. The molecule has 0 saturated heterocycles. The number of fused-ring (bicyclic) bond motifs is 4. The summed E-state index contributed by atoms with van der Waals surface area (Å²) in [6.45, 7) is 2.56. The maximum atomic E-state index is 9.20. The molecule has 0 N–H and O–H groups in total. The van der Waals surface area contributed by atoms with E-state index in [1.165, 1.54) is 57.8 Å². The van der Waals surface area contributed by atoms with Crippen LogP contribution in [0.2, 0.25) is 0 Å². The van der Waals surface area contributed by atoms with Crippen molar-refractivity contribution in [3.63, 3.8) is 0 Å². The van der Waals surface area contributed by atoms with Gasteiger partial charge in [0.2, 0.25) is 0 Å². The summed E-state index contributed by atoms with van der Waals surface area (Å²) < 4.78 is 0. The Bertz CT molecular complexity index is 547. The fraction of sp³-hybridized carbons (Fsp3) is 0.750. The predicted octanol–water partition coefficient (Wildman–Crippen LogP) is 5.54. The number of hydrogen-bond donors (Lipinski definition) is 0. The molecule has 0 aromatic carbocycles. The normalized spacial score (nSPS) is 41.7. The standard InChI is InChI=1S/C20H27N/c1-20-11-3-6-18(20)16-8-7-14-4-2-5-15(10-13-21)19(14)17(16)9-12-20/h4,15-16,18H,2-3,5-12H2,1H3/t15?,16-,18+,20+/m1/s1. The Hall–Kier alpha value is -1.03. The van der Waals surface area contributed by atoms with Gasteiger partial charge in [0.1, 0.15) is 0 Å². The van der Waals surface area contributed by atoms with Gasteiger partial charge in [0, 0.05) is 6.42 Å². The first kappa shape index (κ1) is 13.6. The van der Waals surface area contributed by atoms with Crippen LogP contribution in [0.25, 0.3) is 0 Å². The quantitative estimate of drug-likeness (QED) is 0.618. The Morgan fingerprint density at radius 3 is 3.00 bits per heavy atom. The first-order chi connectivity index (χ1) is 10.2. The van der Waals surface area contributed by atoms with Crippen molar-refractivity contribution in [2.75, 3.05) is 0 Å². The lowest BCUT2D eigenvalue weighted by molar-refractivity contribution is 0.117. The molecule has 0 radical (unpaired) electrons. The van der Waals surface area contributed by atoms with E-state index in [-0.39, 0.29) is 0 Å². The van der Waals surface area contributed by atoms with Gasteiger partial charge in [0.05, 0.1) is 6.07 Å². The Morgan fingerprint density at radius 2 is 2.14 bits per heavy atom. The molecule has 0 aromatic heterocycles. The van der Waals surface area contributed by atoms with E-state index in [2.05, 4.69) is 19.1 Å². The molecule has 112 valence electrons. The van der Waals surface area contributed by atoms with Crippen LogP contribution in [-0.2, 0) is 0 Å². The van der Waals surface area contributed by atoms with Crippen molar-refractivity contribution in [1.29, 1.82) is 5.26 Å². The molecular formula is C20H27N. The summed E-state index contributed by atoms with van der Waals surface area (Å²) in [5.74, 6) is 2.36. The lowest BCUT2D eigenvalue weighted by Gasteiger charge is -2.48.